The molecular weight excluding hydrogens is 253 g/mol. The summed E-state index contributed by atoms with van der Waals surface area (Å²) >= 11 is 5.57. The Bertz CT molecular complexity index is 336. The molecule has 1 aromatic carbocycles. The first-order chi connectivity index (χ1) is 7.43. The van der Waals surface area contributed by atoms with Gasteiger partial charge in [0, 0.05) is 10.6 Å². The molecule has 1 rings (SSSR count). The van der Waals surface area contributed by atoms with Gasteiger partial charge in [-0.15, -0.1) is 11.8 Å². The maximum atomic E-state index is 12.4. The summed E-state index contributed by atoms with van der Waals surface area (Å²) in [5, 5.41) is 0. The third kappa shape index (κ3) is 4.29. The molecule has 0 heterocycles. The molecule has 0 aliphatic heterocycles. The average Bonchev–Trinajstić information content (AvgIpc) is 2.25. The molecule has 0 saturated carbocycles. The molecule has 0 radical (unpaired) electrons. The summed E-state index contributed by atoms with van der Waals surface area (Å²) in [4.78, 5) is 0.656. The highest BCUT2D eigenvalue weighted by atomic mass is 32.2. The molecule has 1 unspecified atom stereocenters. The molecule has 1 aromatic rings. The molecule has 0 bridgehead atoms. The second-order valence-corrected chi connectivity index (χ2v) is 5.08. The fourth-order valence-corrected chi connectivity index (χ4v) is 2.34. The standard InChI is InChI=1S/C11H13F3S2/c1-8(6-15)7-16-10-4-2-3-9(5-10)11(12,13)14/h2-5,8,15H,6-7H2,1H3. The van der Waals surface area contributed by atoms with Crippen LogP contribution in [0.25, 0.3) is 0 Å². The molecule has 5 heteroatoms. The van der Waals surface area contributed by atoms with Crippen LogP contribution in [0.2, 0.25) is 0 Å². The molecule has 0 aliphatic rings. The van der Waals surface area contributed by atoms with Crippen molar-refractivity contribution in [1.82, 2.24) is 0 Å². The monoisotopic (exact) mass is 266 g/mol. The Morgan fingerprint density at radius 2 is 2.06 bits per heavy atom. The van der Waals surface area contributed by atoms with E-state index in [1.165, 1.54) is 23.9 Å². The van der Waals surface area contributed by atoms with Crippen molar-refractivity contribution in [3.05, 3.63) is 29.8 Å². The molecule has 0 nitrogen and oxygen atoms in total. The van der Waals surface area contributed by atoms with Gasteiger partial charge in [-0.2, -0.15) is 25.8 Å². The molecule has 1 atom stereocenters. The van der Waals surface area contributed by atoms with Gasteiger partial charge in [0.15, 0.2) is 0 Å². The molecular formula is C11H13F3S2. The fourth-order valence-electron chi connectivity index (χ4n) is 1.05. The van der Waals surface area contributed by atoms with E-state index in [0.29, 0.717) is 10.8 Å². The summed E-state index contributed by atoms with van der Waals surface area (Å²) in [6.07, 6.45) is -4.26. The van der Waals surface area contributed by atoms with Crippen molar-refractivity contribution < 1.29 is 13.2 Å². The molecule has 90 valence electrons. The molecule has 0 amide bonds. The van der Waals surface area contributed by atoms with E-state index in [-0.39, 0.29) is 0 Å². The number of halogens is 3. The zero-order valence-electron chi connectivity index (χ0n) is 8.79. The normalized spacial score (nSPS) is 13.8. The first-order valence-electron chi connectivity index (χ1n) is 4.84. The van der Waals surface area contributed by atoms with Gasteiger partial charge in [0.1, 0.15) is 0 Å². The van der Waals surface area contributed by atoms with E-state index >= 15 is 0 Å². The highest BCUT2D eigenvalue weighted by Gasteiger charge is 2.30. The van der Waals surface area contributed by atoms with Crippen molar-refractivity contribution in [3.63, 3.8) is 0 Å². The average molecular weight is 266 g/mol. The van der Waals surface area contributed by atoms with Gasteiger partial charge in [0.25, 0.3) is 0 Å². The SMILES string of the molecule is CC(CS)CSc1cccc(C(F)(F)F)c1. The van der Waals surface area contributed by atoms with Crippen LogP contribution in [0.5, 0.6) is 0 Å². The second-order valence-electron chi connectivity index (χ2n) is 3.62. The largest absolute Gasteiger partial charge is 0.416 e. The summed E-state index contributed by atoms with van der Waals surface area (Å²) < 4.78 is 37.2. The van der Waals surface area contributed by atoms with E-state index in [4.69, 9.17) is 0 Å². The Morgan fingerprint density at radius 1 is 1.38 bits per heavy atom. The van der Waals surface area contributed by atoms with Crippen LogP contribution in [0.1, 0.15) is 12.5 Å². The highest BCUT2D eigenvalue weighted by Crippen LogP contribution is 2.32. The minimum atomic E-state index is -4.26. The topological polar surface area (TPSA) is 0 Å². The lowest BCUT2D eigenvalue weighted by atomic mass is 10.2. The Balaban J connectivity index is 2.68. The van der Waals surface area contributed by atoms with Gasteiger partial charge in [-0.25, -0.2) is 0 Å². The summed E-state index contributed by atoms with van der Waals surface area (Å²) in [5.41, 5.74) is -0.587. The molecule has 0 spiro atoms. The van der Waals surface area contributed by atoms with E-state index < -0.39 is 11.7 Å². The number of thioether (sulfide) groups is 1. The van der Waals surface area contributed by atoms with Gasteiger partial charge in [-0.05, 0) is 29.9 Å². The number of hydrogen-bond donors (Lipinski definition) is 1. The van der Waals surface area contributed by atoms with Crippen LogP contribution in [-0.2, 0) is 6.18 Å². The van der Waals surface area contributed by atoms with Crippen molar-refractivity contribution in [1.29, 1.82) is 0 Å². The van der Waals surface area contributed by atoms with Crippen LogP contribution < -0.4 is 0 Å². The quantitative estimate of drug-likeness (QED) is 0.624. The van der Waals surface area contributed by atoms with Gasteiger partial charge in [-0.3, -0.25) is 0 Å². The van der Waals surface area contributed by atoms with Gasteiger partial charge >= 0.3 is 6.18 Å². The van der Waals surface area contributed by atoms with E-state index in [1.807, 2.05) is 6.92 Å². The van der Waals surface area contributed by atoms with E-state index in [2.05, 4.69) is 12.6 Å². The molecule has 0 fully saturated rings. The summed E-state index contributed by atoms with van der Waals surface area (Å²) in [7, 11) is 0. The molecule has 0 saturated heterocycles. The zero-order chi connectivity index (χ0) is 12.2. The molecule has 16 heavy (non-hydrogen) atoms. The second kappa shape index (κ2) is 5.87. The number of alkyl halides is 3. The zero-order valence-corrected chi connectivity index (χ0v) is 10.5. The minimum absolute atomic E-state index is 0.392. The number of rotatable bonds is 4. The summed E-state index contributed by atoms with van der Waals surface area (Å²) in [5.74, 6) is 1.92. The maximum absolute atomic E-state index is 12.4. The number of hydrogen-bond acceptors (Lipinski definition) is 2. The summed E-state index contributed by atoms with van der Waals surface area (Å²) in [6.45, 7) is 2.02. The maximum Gasteiger partial charge on any atom is 0.416 e. The van der Waals surface area contributed by atoms with Crippen molar-refractivity contribution in [2.75, 3.05) is 11.5 Å². The third-order valence-corrected chi connectivity index (χ3v) is 3.95. The van der Waals surface area contributed by atoms with Gasteiger partial charge < -0.3 is 0 Å². The molecule has 0 aromatic heterocycles. The highest BCUT2D eigenvalue weighted by molar-refractivity contribution is 7.99. The van der Waals surface area contributed by atoms with E-state index in [0.717, 1.165) is 17.6 Å². The van der Waals surface area contributed by atoms with Crippen molar-refractivity contribution in [3.8, 4) is 0 Å². The summed E-state index contributed by atoms with van der Waals surface area (Å²) in [6, 6.07) is 5.42. The van der Waals surface area contributed by atoms with Crippen LogP contribution in [0.4, 0.5) is 13.2 Å². The van der Waals surface area contributed by atoms with Crippen molar-refractivity contribution >= 4 is 24.4 Å². The van der Waals surface area contributed by atoms with Gasteiger partial charge in [0.2, 0.25) is 0 Å². The lowest BCUT2D eigenvalue weighted by Gasteiger charge is -2.10. The Hall–Kier alpha value is -0.290. The number of benzene rings is 1. The fraction of sp³-hybridized carbons (Fsp3) is 0.455. The van der Waals surface area contributed by atoms with Gasteiger partial charge in [0.05, 0.1) is 5.56 Å². The first kappa shape index (κ1) is 13.8. The van der Waals surface area contributed by atoms with Crippen molar-refractivity contribution in [2.45, 2.75) is 18.0 Å². The smallest absolute Gasteiger partial charge is 0.179 e. The van der Waals surface area contributed by atoms with Crippen LogP contribution in [0.15, 0.2) is 29.2 Å². The Morgan fingerprint density at radius 3 is 2.62 bits per heavy atom. The lowest BCUT2D eigenvalue weighted by Crippen LogP contribution is -2.04. The van der Waals surface area contributed by atoms with Crippen LogP contribution in [-0.4, -0.2) is 11.5 Å². The molecule has 0 aliphatic carbocycles. The Labute approximate surface area is 103 Å². The third-order valence-electron chi connectivity index (χ3n) is 2.01. The van der Waals surface area contributed by atoms with Crippen LogP contribution in [0, 0.1) is 5.92 Å². The lowest BCUT2D eigenvalue weighted by molar-refractivity contribution is -0.137. The predicted molar refractivity (Wildman–Crippen MR) is 65.2 cm³/mol. The van der Waals surface area contributed by atoms with Gasteiger partial charge in [-0.1, -0.05) is 13.0 Å². The van der Waals surface area contributed by atoms with Crippen molar-refractivity contribution in [2.24, 2.45) is 5.92 Å². The first-order valence-corrected chi connectivity index (χ1v) is 6.46. The molecule has 0 N–H and O–H groups in total. The predicted octanol–water partition coefficient (Wildman–Crippen LogP) is 4.36. The minimum Gasteiger partial charge on any atom is -0.179 e. The Kier molecular flexibility index (Phi) is 5.05. The van der Waals surface area contributed by atoms with E-state index in [1.54, 1.807) is 6.07 Å². The number of thiol groups is 1. The van der Waals surface area contributed by atoms with Crippen LogP contribution >= 0.6 is 24.4 Å². The van der Waals surface area contributed by atoms with Crippen LogP contribution in [0.3, 0.4) is 0 Å². The van der Waals surface area contributed by atoms with E-state index in [9.17, 15) is 13.2 Å².